The molecule has 0 bridgehead atoms. The Labute approximate surface area is 177 Å². The molecule has 0 aliphatic carbocycles. The summed E-state index contributed by atoms with van der Waals surface area (Å²) in [4.78, 5) is 22.2. The summed E-state index contributed by atoms with van der Waals surface area (Å²) in [5.41, 5.74) is -0.102. The van der Waals surface area contributed by atoms with Gasteiger partial charge in [0, 0.05) is 30.9 Å². The Kier molecular flexibility index (Phi) is 7.01. The average Bonchev–Trinajstić information content (AvgIpc) is 2.94. The van der Waals surface area contributed by atoms with Crippen molar-refractivity contribution in [3.63, 3.8) is 0 Å². The van der Waals surface area contributed by atoms with Gasteiger partial charge in [0.25, 0.3) is 5.91 Å². The maximum Gasteiger partial charge on any atom is 0.498 e. The molecule has 0 aromatic carbocycles. The smallest absolute Gasteiger partial charge is 0.463 e. The van der Waals surface area contributed by atoms with Crippen LogP contribution in [0.3, 0.4) is 0 Å². The molecule has 2 fully saturated rings. The second kappa shape index (κ2) is 9.17. The number of amides is 1. The lowest BCUT2D eigenvalue weighted by Gasteiger charge is -2.33. The second-order valence-electron chi connectivity index (χ2n) is 9.02. The van der Waals surface area contributed by atoms with Crippen LogP contribution in [0.5, 0.6) is 6.01 Å². The van der Waals surface area contributed by atoms with Crippen LogP contribution in [0.15, 0.2) is 12.4 Å². The molecule has 9 nitrogen and oxygen atoms in total. The first-order valence-electron chi connectivity index (χ1n) is 10.5. The van der Waals surface area contributed by atoms with E-state index in [-0.39, 0.29) is 11.9 Å². The van der Waals surface area contributed by atoms with Crippen molar-refractivity contribution in [1.82, 2.24) is 14.9 Å². The largest absolute Gasteiger partial charge is 0.498 e. The van der Waals surface area contributed by atoms with Gasteiger partial charge in [-0.3, -0.25) is 4.79 Å². The van der Waals surface area contributed by atoms with E-state index in [1.165, 1.54) is 0 Å². The Bertz CT molecular complexity index is 714. The lowest BCUT2D eigenvalue weighted by molar-refractivity contribution is -0.144. The maximum atomic E-state index is 12.0. The molecule has 1 amide bonds. The fraction of sp³-hybridized carbons (Fsp3) is 0.750. The van der Waals surface area contributed by atoms with Crippen molar-refractivity contribution in [3.8, 4) is 6.01 Å². The number of aromatic nitrogens is 2. The maximum absolute atomic E-state index is 12.0. The van der Waals surface area contributed by atoms with Crippen molar-refractivity contribution < 1.29 is 29.1 Å². The van der Waals surface area contributed by atoms with Gasteiger partial charge >= 0.3 is 13.1 Å². The van der Waals surface area contributed by atoms with Crippen LogP contribution in [0, 0.1) is 5.92 Å². The second-order valence-corrected chi connectivity index (χ2v) is 9.02. The summed E-state index contributed by atoms with van der Waals surface area (Å²) in [5, 5.41) is 18.5. The predicted molar refractivity (Wildman–Crippen MR) is 110 cm³/mol. The Morgan fingerprint density at radius 1 is 1.30 bits per heavy atom. The highest BCUT2D eigenvalue weighted by molar-refractivity contribution is 6.61. The number of carbonyl (C=O) groups is 1. The number of hydrogen-bond donors (Lipinski definition) is 2. The molecule has 166 valence electrons. The van der Waals surface area contributed by atoms with Crippen molar-refractivity contribution in [2.75, 3.05) is 26.3 Å². The van der Waals surface area contributed by atoms with E-state index in [0.717, 1.165) is 24.7 Å². The van der Waals surface area contributed by atoms with Crippen LogP contribution in [-0.4, -0.2) is 81.7 Å². The number of likely N-dealkylation sites (tertiary alicyclic amines) is 1. The molecule has 0 saturated carbocycles. The summed E-state index contributed by atoms with van der Waals surface area (Å²) in [6.07, 6.45) is 4.58. The molecular weight excluding hydrogens is 389 g/mol. The van der Waals surface area contributed by atoms with E-state index in [1.54, 1.807) is 17.3 Å². The summed E-state index contributed by atoms with van der Waals surface area (Å²) in [5.74, 6) is -0.137. The molecule has 10 heteroatoms. The summed E-state index contributed by atoms with van der Waals surface area (Å²) in [7, 11) is -0.510. The third-order valence-electron chi connectivity index (χ3n) is 6.22. The molecule has 30 heavy (non-hydrogen) atoms. The number of ether oxygens (including phenoxy) is 1. The van der Waals surface area contributed by atoms with E-state index in [9.17, 15) is 9.90 Å². The molecule has 0 spiro atoms. The molecule has 2 N–H and O–H groups in total. The van der Waals surface area contributed by atoms with E-state index in [0.29, 0.717) is 19.7 Å². The van der Waals surface area contributed by atoms with Crippen LogP contribution < -0.4 is 10.2 Å². The third kappa shape index (κ3) is 5.11. The van der Waals surface area contributed by atoms with E-state index >= 15 is 0 Å². The fourth-order valence-corrected chi connectivity index (χ4v) is 3.61. The predicted octanol–water partition coefficient (Wildman–Crippen LogP) is 0.137. The molecule has 1 aromatic heterocycles. The van der Waals surface area contributed by atoms with Crippen molar-refractivity contribution in [3.05, 3.63) is 12.4 Å². The zero-order valence-corrected chi connectivity index (χ0v) is 18.2. The SMILES string of the molecule is CC1(C)OB(c2cnc(OCC[C@H]3CCCN(C(=O)[C@H](O)CO)C3)nc2)OC1(C)C. The van der Waals surface area contributed by atoms with Gasteiger partial charge in [0.1, 0.15) is 0 Å². The third-order valence-corrected chi connectivity index (χ3v) is 6.22. The van der Waals surface area contributed by atoms with Crippen LogP contribution in [0.2, 0.25) is 0 Å². The number of aliphatic hydroxyl groups excluding tert-OH is 2. The Hall–Kier alpha value is -1.75. The van der Waals surface area contributed by atoms with Crippen LogP contribution in [0.1, 0.15) is 47.0 Å². The van der Waals surface area contributed by atoms with Crippen molar-refractivity contribution in [2.24, 2.45) is 5.92 Å². The van der Waals surface area contributed by atoms with Crippen LogP contribution in [0.4, 0.5) is 0 Å². The van der Waals surface area contributed by atoms with Gasteiger partial charge in [0.05, 0.1) is 24.4 Å². The minimum Gasteiger partial charge on any atom is -0.463 e. The lowest BCUT2D eigenvalue weighted by Crippen LogP contribution is -2.46. The minimum atomic E-state index is -1.34. The highest BCUT2D eigenvalue weighted by atomic mass is 16.7. The Morgan fingerprint density at radius 3 is 2.53 bits per heavy atom. The first-order chi connectivity index (χ1) is 14.1. The Balaban J connectivity index is 1.46. The first kappa shape index (κ1) is 22.9. The number of nitrogens with zero attached hydrogens (tertiary/aromatic N) is 3. The van der Waals surface area contributed by atoms with Gasteiger partial charge in [-0.05, 0) is 52.9 Å². The van der Waals surface area contributed by atoms with E-state index < -0.39 is 36.9 Å². The number of carbonyl (C=O) groups excluding carboxylic acids is 1. The molecule has 2 aliphatic heterocycles. The van der Waals surface area contributed by atoms with Gasteiger partial charge in [-0.25, -0.2) is 9.97 Å². The topological polar surface area (TPSA) is 114 Å². The normalized spacial score (nSPS) is 24.0. The monoisotopic (exact) mass is 421 g/mol. The molecule has 3 rings (SSSR count). The van der Waals surface area contributed by atoms with E-state index in [1.807, 2.05) is 27.7 Å². The molecule has 0 unspecified atom stereocenters. The molecular formula is C20H32BN3O6. The first-order valence-corrected chi connectivity index (χ1v) is 10.5. The number of piperidine rings is 1. The minimum absolute atomic E-state index is 0.276. The van der Waals surface area contributed by atoms with Gasteiger partial charge in [-0.2, -0.15) is 0 Å². The molecule has 2 saturated heterocycles. The lowest BCUT2D eigenvalue weighted by atomic mass is 9.81. The number of rotatable bonds is 7. The van der Waals surface area contributed by atoms with Crippen LogP contribution >= 0.6 is 0 Å². The van der Waals surface area contributed by atoms with Crippen LogP contribution in [0.25, 0.3) is 0 Å². The summed E-state index contributed by atoms with van der Waals surface area (Å²) < 4.78 is 17.7. The molecule has 3 heterocycles. The van der Waals surface area contributed by atoms with Crippen LogP contribution in [-0.2, 0) is 14.1 Å². The molecule has 2 aliphatic rings. The van der Waals surface area contributed by atoms with Crippen molar-refractivity contribution >= 4 is 18.5 Å². The molecule has 1 aromatic rings. The quantitative estimate of drug-likeness (QED) is 0.598. The highest BCUT2D eigenvalue weighted by Crippen LogP contribution is 2.36. The number of hydrogen-bond acceptors (Lipinski definition) is 8. The van der Waals surface area contributed by atoms with Gasteiger partial charge < -0.3 is 29.2 Å². The van der Waals surface area contributed by atoms with Gasteiger partial charge in [-0.1, -0.05) is 0 Å². The van der Waals surface area contributed by atoms with Gasteiger partial charge in [0.15, 0.2) is 6.10 Å². The average molecular weight is 421 g/mol. The van der Waals surface area contributed by atoms with Gasteiger partial charge in [-0.15, -0.1) is 0 Å². The van der Waals surface area contributed by atoms with E-state index in [4.69, 9.17) is 19.2 Å². The van der Waals surface area contributed by atoms with Crippen molar-refractivity contribution in [1.29, 1.82) is 0 Å². The van der Waals surface area contributed by atoms with E-state index in [2.05, 4.69) is 9.97 Å². The zero-order chi connectivity index (χ0) is 21.9. The summed E-state index contributed by atoms with van der Waals surface area (Å²) in [6.45, 7) is 9.03. The van der Waals surface area contributed by atoms with Crippen molar-refractivity contribution in [2.45, 2.75) is 64.3 Å². The number of aliphatic hydroxyl groups is 2. The summed E-state index contributed by atoms with van der Waals surface area (Å²) in [6, 6.07) is 0.287. The zero-order valence-electron chi connectivity index (χ0n) is 18.2. The fourth-order valence-electron chi connectivity index (χ4n) is 3.61. The molecule has 0 radical (unpaired) electrons. The Morgan fingerprint density at radius 2 is 1.93 bits per heavy atom. The highest BCUT2D eigenvalue weighted by Gasteiger charge is 2.52. The van der Waals surface area contributed by atoms with Gasteiger partial charge in [0.2, 0.25) is 0 Å². The standard InChI is InChI=1S/C20H32BN3O6/c1-19(2)20(3,4)30-21(29-19)15-10-22-18(23-11-15)28-9-7-14-6-5-8-24(12-14)17(27)16(26)13-25/h10-11,14,16,25-26H,5-9,12-13H2,1-4H3/t14-,16-/m1/s1. The molecule has 2 atom stereocenters. The summed E-state index contributed by atoms with van der Waals surface area (Å²) >= 11 is 0.